The Hall–Kier alpha value is -1.71. The van der Waals surface area contributed by atoms with E-state index >= 15 is 0 Å². The number of ether oxygens (including phenoxy) is 1. The molecule has 0 spiro atoms. The SMILES string of the molecule is Cc1cccc(C(NC2CCOCC2)c2ccccn2)c1. The highest BCUT2D eigenvalue weighted by molar-refractivity contribution is 5.31. The molecule has 1 aromatic heterocycles. The topological polar surface area (TPSA) is 34.1 Å². The minimum atomic E-state index is 0.147. The van der Waals surface area contributed by atoms with E-state index in [1.54, 1.807) is 0 Å². The summed E-state index contributed by atoms with van der Waals surface area (Å²) in [5.74, 6) is 0. The van der Waals surface area contributed by atoms with Gasteiger partial charge in [-0.05, 0) is 37.5 Å². The van der Waals surface area contributed by atoms with Crippen molar-refractivity contribution in [2.24, 2.45) is 0 Å². The summed E-state index contributed by atoms with van der Waals surface area (Å²) >= 11 is 0. The summed E-state index contributed by atoms with van der Waals surface area (Å²) in [4.78, 5) is 4.56. The second-order valence-corrected chi connectivity index (χ2v) is 5.66. The van der Waals surface area contributed by atoms with Crippen LogP contribution in [0.4, 0.5) is 0 Å². The van der Waals surface area contributed by atoms with Gasteiger partial charge in [0.1, 0.15) is 0 Å². The Morgan fingerprint density at radius 2 is 2.00 bits per heavy atom. The fraction of sp³-hybridized carbons (Fsp3) is 0.389. The average molecular weight is 282 g/mol. The Kier molecular flexibility index (Phi) is 4.63. The molecule has 1 unspecified atom stereocenters. The zero-order valence-corrected chi connectivity index (χ0v) is 12.5. The van der Waals surface area contributed by atoms with E-state index in [4.69, 9.17) is 4.74 Å². The number of aryl methyl sites for hydroxylation is 1. The van der Waals surface area contributed by atoms with Crippen molar-refractivity contribution in [1.82, 2.24) is 10.3 Å². The fourth-order valence-corrected chi connectivity index (χ4v) is 2.85. The smallest absolute Gasteiger partial charge is 0.0753 e. The molecule has 1 N–H and O–H groups in total. The van der Waals surface area contributed by atoms with Gasteiger partial charge in [0.05, 0.1) is 11.7 Å². The van der Waals surface area contributed by atoms with Gasteiger partial charge in [-0.3, -0.25) is 4.98 Å². The number of nitrogens with zero attached hydrogens (tertiary/aromatic N) is 1. The summed E-state index contributed by atoms with van der Waals surface area (Å²) in [7, 11) is 0. The van der Waals surface area contributed by atoms with Gasteiger partial charge in [0.25, 0.3) is 0 Å². The molecule has 1 saturated heterocycles. The van der Waals surface area contributed by atoms with Crippen LogP contribution < -0.4 is 5.32 Å². The predicted octanol–water partition coefficient (Wildman–Crippen LogP) is 3.25. The van der Waals surface area contributed by atoms with Crippen LogP contribution in [-0.4, -0.2) is 24.2 Å². The van der Waals surface area contributed by atoms with Crippen molar-refractivity contribution in [3.05, 3.63) is 65.5 Å². The van der Waals surface area contributed by atoms with Crippen molar-refractivity contribution in [2.75, 3.05) is 13.2 Å². The van der Waals surface area contributed by atoms with E-state index in [0.29, 0.717) is 6.04 Å². The van der Waals surface area contributed by atoms with E-state index in [0.717, 1.165) is 31.7 Å². The second kappa shape index (κ2) is 6.83. The highest BCUT2D eigenvalue weighted by Gasteiger charge is 2.21. The molecule has 1 aliphatic heterocycles. The lowest BCUT2D eigenvalue weighted by molar-refractivity contribution is 0.0759. The van der Waals surface area contributed by atoms with Gasteiger partial charge in [-0.1, -0.05) is 35.9 Å². The summed E-state index contributed by atoms with van der Waals surface area (Å²) in [6.07, 6.45) is 3.99. The number of hydrogen-bond donors (Lipinski definition) is 1. The molecule has 1 aliphatic rings. The lowest BCUT2D eigenvalue weighted by Crippen LogP contribution is -2.38. The van der Waals surface area contributed by atoms with Gasteiger partial charge in [-0.15, -0.1) is 0 Å². The van der Waals surface area contributed by atoms with Crippen LogP contribution in [0.1, 0.15) is 35.7 Å². The first kappa shape index (κ1) is 14.2. The quantitative estimate of drug-likeness (QED) is 0.934. The van der Waals surface area contributed by atoms with Gasteiger partial charge in [0.15, 0.2) is 0 Å². The third-order valence-electron chi connectivity index (χ3n) is 3.98. The molecular weight excluding hydrogens is 260 g/mol. The van der Waals surface area contributed by atoms with Crippen LogP contribution in [0.2, 0.25) is 0 Å². The molecule has 0 amide bonds. The standard InChI is InChI=1S/C18H22N2O/c1-14-5-4-6-15(13-14)18(17-7-2-3-10-19-17)20-16-8-11-21-12-9-16/h2-7,10,13,16,18,20H,8-9,11-12H2,1H3. The number of aromatic nitrogens is 1. The molecule has 2 aromatic rings. The summed E-state index contributed by atoms with van der Waals surface area (Å²) in [5, 5.41) is 3.77. The van der Waals surface area contributed by atoms with E-state index in [1.807, 2.05) is 12.3 Å². The zero-order chi connectivity index (χ0) is 14.5. The van der Waals surface area contributed by atoms with Crippen LogP contribution >= 0.6 is 0 Å². The summed E-state index contributed by atoms with van der Waals surface area (Å²) in [6.45, 7) is 3.83. The summed E-state index contributed by atoms with van der Waals surface area (Å²) < 4.78 is 5.46. The molecule has 3 heteroatoms. The predicted molar refractivity (Wildman–Crippen MR) is 84.2 cm³/mol. The molecule has 1 atom stereocenters. The molecule has 3 rings (SSSR count). The van der Waals surface area contributed by atoms with Crippen molar-refractivity contribution in [2.45, 2.75) is 31.8 Å². The fourth-order valence-electron chi connectivity index (χ4n) is 2.85. The van der Waals surface area contributed by atoms with E-state index in [1.165, 1.54) is 11.1 Å². The van der Waals surface area contributed by atoms with Crippen molar-refractivity contribution in [1.29, 1.82) is 0 Å². The minimum absolute atomic E-state index is 0.147. The van der Waals surface area contributed by atoms with Crippen molar-refractivity contribution < 1.29 is 4.74 Å². The first-order valence-electron chi connectivity index (χ1n) is 7.64. The molecule has 110 valence electrons. The Bertz CT molecular complexity index is 564. The third-order valence-corrected chi connectivity index (χ3v) is 3.98. The van der Waals surface area contributed by atoms with Crippen LogP contribution in [0.3, 0.4) is 0 Å². The van der Waals surface area contributed by atoms with Crippen LogP contribution in [0.5, 0.6) is 0 Å². The highest BCUT2D eigenvalue weighted by Crippen LogP contribution is 2.23. The van der Waals surface area contributed by atoms with Gasteiger partial charge in [-0.25, -0.2) is 0 Å². The maximum atomic E-state index is 5.46. The Morgan fingerprint density at radius 3 is 2.71 bits per heavy atom. The molecule has 21 heavy (non-hydrogen) atoms. The van der Waals surface area contributed by atoms with E-state index in [2.05, 4.69) is 53.6 Å². The first-order valence-corrected chi connectivity index (χ1v) is 7.64. The summed E-state index contributed by atoms with van der Waals surface area (Å²) in [6, 6.07) is 15.4. The molecule has 0 saturated carbocycles. The first-order chi connectivity index (χ1) is 10.3. The number of benzene rings is 1. The molecule has 0 bridgehead atoms. The largest absolute Gasteiger partial charge is 0.381 e. The maximum absolute atomic E-state index is 5.46. The number of hydrogen-bond acceptors (Lipinski definition) is 3. The molecule has 2 heterocycles. The molecule has 3 nitrogen and oxygen atoms in total. The van der Waals surface area contributed by atoms with Crippen LogP contribution in [-0.2, 0) is 4.74 Å². The number of pyridine rings is 1. The summed E-state index contributed by atoms with van der Waals surface area (Å²) in [5.41, 5.74) is 3.64. The third kappa shape index (κ3) is 3.69. The monoisotopic (exact) mass is 282 g/mol. The number of nitrogens with one attached hydrogen (secondary N) is 1. The zero-order valence-electron chi connectivity index (χ0n) is 12.5. The number of rotatable bonds is 4. The molecule has 1 fully saturated rings. The molecular formula is C18H22N2O. The van der Waals surface area contributed by atoms with Crippen molar-refractivity contribution >= 4 is 0 Å². The van der Waals surface area contributed by atoms with Crippen LogP contribution in [0.15, 0.2) is 48.7 Å². The average Bonchev–Trinajstić information content (AvgIpc) is 2.54. The van der Waals surface area contributed by atoms with Crippen molar-refractivity contribution in [3.63, 3.8) is 0 Å². The van der Waals surface area contributed by atoms with E-state index < -0.39 is 0 Å². The van der Waals surface area contributed by atoms with Crippen LogP contribution in [0, 0.1) is 6.92 Å². The van der Waals surface area contributed by atoms with Gasteiger partial charge in [-0.2, -0.15) is 0 Å². The highest BCUT2D eigenvalue weighted by atomic mass is 16.5. The van der Waals surface area contributed by atoms with Crippen LogP contribution in [0.25, 0.3) is 0 Å². The maximum Gasteiger partial charge on any atom is 0.0753 e. The Labute approximate surface area is 126 Å². The normalized spacial score (nSPS) is 17.6. The second-order valence-electron chi connectivity index (χ2n) is 5.66. The Balaban J connectivity index is 1.87. The van der Waals surface area contributed by atoms with Gasteiger partial charge >= 0.3 is 0 Å². The Morgan fingerprint density at radius 1 is 1.14 bits per heavy atom. The van der Waals surface area contributed by atoms with E-state index in [-0.39, 0.29) is 6.04 Å². The van der Waals surface area contributed by atoms with Gasteiger partial charge in [0, 0.05) is 25.5 Å². The van der Waals surface area contributed by atoms with Gasteiger partial charge < -0.3 is 10.1 Å². The van der Waals surface area contributed by atoms with Crippen molar-refractivity contribution in [3.8, 4) is 0 Å². The molecule has 1 aromatic carbocycles. The lowest BCUT2D eigenvalue weighted by Gasteiger charge is -2.29. The molecule has 0 aliphatic carbocycles. The molecule has 0 radical (unpaired) electrons. The van der Waals surface area contributed by atoms with E-state index in [9.17, 15) is 0 Å². The van der Waals surface area contributed by atoms with Gasteiger partial charge in [0.2, 0.25) is 0 Å². The minimum Gasteiger partial charge on any atom is -0.381 e. The lowest BCUT2D eigenvalue weighted by atomic mass is 9.98.